The fourth-order valence-electron chi connectivity index (χ4n) is 2.94. The molecule has 0 aliphatic carbocycles. The van der Waals surface area contributed by atoms with Crippen LogP contribution in [0.1, 0.15) is 39.0 Å². The number of carbonyl (C=O) groups excluding carboxylic acids is 3. The average Bonchev–Trinajstić information content (AvgIpc) is 2.88. The number of likely N-dealkylation sites (N-methyl/N-ethyl adjacent to an activating group) is 1. The standard InChI is InChI=1S/C19H22ClN3O4/c1-10-17(12(3)24)11(2)21-18(10)19(26)23(4)9-16(25)22-14-8-13(20)6-7-15(14)27-5/h6-8,21H,9H2,1-5H3,(H,22,25). The van der Waals surface area contributed by atoms with Crippen LogP contribution in [0.3, 0.4) is 0 Å². The number of methoxy groups -OCH3 is 1. The lowest BCUT2D eigenvalue weighted by atomic mass is 10.1. The van der Waals surface area contributed by atoms with Crippen LogP contribution in [0.2, 0.25) is 5.02 Å². The highest BCUT2D eigenvalue weighted by Crippen LogP contribution is 2.27. The number of ether oxygens (including phenoxy) is 1. The third-order valence-electron chi connectivity index (χ3n) is 4.17. The van der Waals surface area contributed by atoms with Gasteiger partial charge in [-0.05, 0) is 44.5 Å². The van der Waals surface area contributed by atoms with Crippen LogP contribution in [0.25, 0.3) is 0 Å². The molecular formula is C19H22ClN3O4. The van der Waals surface area contributed by atoms with Gasteiger partial charge in [0.2, 0.25) is 5.91 Å². The number of aromatic amines is 1. The number of hydrogen-bond donors (Lipinski definition) is 2. The number of hydrogen-bond acceptors (Lipinski definition) is 4. The predicted molar refractivity (Wildman–Crippen MR) is 104 cm³/mol. The zero-order chi connectivity index (χ0) is 20.3. The Kier molecular flexibility index (Phi) is 6.28. The third kappa shape index (κ3) is 4.49. The van der Waals surface area contributed by atoms with Gasteiger partial charge in [-0.25, -0.2) is 0 Å². The molecule has 1 heterocycles. The highest BCUT2D eigenvalue weighted by molar-refractivity contribution is 6.31. The molecule has 7 nitrogen and oxygen atoms in total. The van der Waals surface area contributed by atoms with Crippen molar-refractivity contribution in [2.45, 2.75) is 20.8 Å². The van der Waals surface area contributed by atoms with E-state index < -0.39 is 5.91 Å². The van der Waals surface area contributed by atoms with E-state index >= 15 is 0 Å². The van der Waals surface area contributed by atoms with Gasteiger partial charge >= 0.3 is 0 Å². The predicted octanol–water partition coefficient (Wildman–Crippen LogP) is 3.21. The zero-order valence-electron chi connectivity index (χ0n) is 15.9. The SMILES string of the molecule is COc1ccc(Cl)cc1NC(=O)CN(C)C(=O)c1[nH]c(C)c(C(C)=O)c1C. The van der Waals surface area contributed by atoms with Gasteiger partial charge in [-0.1, -0.05) is 11.6 Å². The van der Waals surface area contributed by atoms with Crippen LogP contribution in [0.15, 0.2) is 18.2 Å². The van der Waals surface area contributed by atoms with Gasteiger partial charge in [0.1, 0.15) is 11.4 Å². The molecule has 2 amide bonds. The molecule has 0 unspecified atom stereocenters. The number of halogens is 1. The number of nitrogens with zero attached hydrogens (tertiary/aromatic N) is 1. The Morgan fingerprint density at radius 2 is 1.93 bits per heavy atom. The Morgan fingerprint density at radius 3 is 2.48 bits per heavy atom. The first-order chi connectivity index (χ1) is 12.6. The van der Waals surface area contributed by atoms with Gasteiger partial charge < -0.3 is 19.9 Å². The number of nitrogens with one attached hydrogen (secondary N) is 2. The Morgan fingerprint density at radius 1 is 1.26 bits per heavy atom. The molecule has 1 aromatic carbocycles. The minimum atomic E-state index is -0.404. The smallest absolute Gasteiger partial charge is 0.270 e. The van der Waals surface area contributed by atoms with E-state index in [0.29, 0.717) is 39.0 Å². The Labute approximate surface area is 162 Å². The highest BCUT2D eigenvalue weighted by Gasteiger charge is 2.23. The fraction of sp³-hybridized carbons (Fsp3) is 0.316. The first kappa shape index (κ1) is 20.5. The van der Waals surface area contributed by atoms with E-state index in [1.54, 1.807) is 32.0 Å². The summed E-state index contributed by atoms with van der Waals surface area (Å²) in [6.07, 6.45) is 0. The second-order valence-electron chi connectivity index (χ2n) is 6.24. The molecule has 0 aliphatic heterocycles. The van der Waals surface area contributed by atoms with E-state index in [1.165, 1.54) is 26.0 Å². The van der Waals surface area contributed by atoms with Gasteiger partial charge in [0, 0.05) is 23.3 Å². The fourth-order valence-corrected chi connectivity index (χ4v) is 3.11. The lowest BCUT2D eigenvalue weighted by Crippen LogP contribution is -2.35. The maximum atomic E-state index is 12.7. The molecule has 144 valence electrons. The summed E-state index contributed by atoms with van der Waals surface area (Å²) in [6, 6.07) is 4.85. The molecule has 0 spiro atoms. The maximum absolute atomic E-state index is 12.7. The molecule has 0 aliphatic rings. The number of rotatable bonds is 6. The van der Waals surface area contributed by atoms with Crippen molar-refractivity contribution >= 4 is 34.9 Å². The van der Waals surface area contributed by atoms with Gasteiger partial charge in [0.15, 0.2) is 5.78 Å². The number of aryl methyl sites for hydroxylation is 1. The molecular weight excluding hydrogens is 370 g/mol. The van der Waals surface area contributed by atoms with Gasteiger partial charge in [-0.3, -0.25) is 14.4 Å². The van der Waals surface area contributed by atoms with Crippen LogP contribution in [0.4, 0.5) is 5.69 Å². The summed E-state index contributed by atoms with van der Waals surface area (Å²) < 4.78 is 5.19. The zero-order valence-corrected chi connectivity index (χ0v) is 16.7. The molecule has 27 heavy (non-hydrogen) atoms. The molecule has 2 N–H and O–H groups in total. The number of anilines is 1. The van der Waals surface area contributed by atoms with Crippen molar-refractivity contribution < 1.29 is 19.1 Å². The van der Waals surface area contributed by atoms with Gasteiger partial charge in [0.05, 0.1) is 19.3 Å². The molecule has 2 rings (SSSR count). The molecule has 0 atom stereocenters. The van der Waals surface area contributed by atoms with Crippen molar-refractivity contribution in [3.63, 3.8) is 0 Å². The average molecular weight is 392 g/mol. The molecule has 0 saturated carbocycles. The van der Waals surface area contributed by atoms with E-state index in [2.05, 4.69) is 10.3 Å². The number of carbonyl (C=O) groups is 3. The van der Waals surface area contributed by atoms with Crippen LogP contribution in [0.5, 0.6) is 5.75 Å². The molecule has 0 fully saturated rings. The minimum absolute atomic E-state index is 0.117. The van der Waals surface area contributed by atoms with E-state index in [9.17, 15) is 14.4 Å². The number of Topliss-reactive ketones (excluding diaryl/α,β-unsaturated/α-hetero) is 1. The topological polar surface area (TPSA) is 91.5 Å². The Hall–Kier alpha value is -2.80. The van der Waals surface area contributed by atoms with Gasteiger partial charge in [-0.15, -0.1) is 0 Å². The number of amides is 2. The van der Waals surface area contributed by atoms with Crippen molar-refractivity contribution in [2.24, 2.45) is 0 Å². The summed E-state index contributed by atoms with van der Waals surface area (Å²) in [7, 11) is 3.00. The van der Waals surface area contributed by atoms with E-state index in [-0.39, 0.29) is 18.2 Å². The summed E-state index contributed by atoms with van der Waals surface area (Å²) >= 11 is 5.95. The van der Waals surface area contributed by atoms with E-state index in [0.717, 1.165) is 0 Å². The quantitative estimate of drug-likeness (QED) is 0.739. The van der Waals surface area contributed by atoms with Crippen LogP contribution in [-0.4, -0.2) is 48.2 Å². The third-order valence-corrected chi connectivity index (χ3v) is 4.40. The monoisotopic (exact) mass is 391 g/mol. The molecule has 2 aromatic rings. The number of ketones is 1. The molecule has 0 bridgehead atoms. The number of H-pyrrole nitrogens is 1. The molecule has 0 radical (unpaired) electrons. The molecule has 0 saturated heterocycles. The number of benzene rings is 1. The van der Waals surface area contributed by atoms with E-state index in [1.807, 2.05) is 0 Å². The van der Waals surface area contributed by atoms with Crippen molar-refractivity contribution in [1.82, 2.24) is 9.88 Å². The lowest BCUT2D eigenvalue weighted by molar-refractivity contribution is -0.116. The first-order valence-corrected chi connectivity index (χ1v) is 8.62. The van der Waals surface area contributed by atoms with Crippen molar-refractivity contribution in [2.75, 3.05) is 26.0 Å². The summed E-state index contributed by atoms with van der Waals surface area (Å²) in [5.74, 6) is -0.437. The van der Waals surface area contributed by atoms with Crippen LogP contribution < -0.4 is 10.1 Å². The van der Waals surface area contributed by atoms with Gasteiger partial charge in [0.25, 0.3) is 5.91 Å². The second kappa shape index (κ2) is 8.26. The van der Waals surface area contributed by atoms with Crippen molar-refractivity contribution in [3.05, 3.63) is 45.7 Å². The maximum Gasteiger partial charge on any atom is 0.270 e. The summed E-state index contributed by atoms with van der Waals surface area (Å²) in [6.45, 7) is 4.71. The summed E-state index contributed by atoms with van der Waals surface area (Å²) in [5.41, 5.74) is 2.42. The number of aromatic nitrogens is 1. The van der Waals surface area contributed by atoms with E-state index in [4.69, 9.17) is 16.3 Å². The normalized spacial score (nSPS) is 10.4. The molecule has 1 aromatic heterocycles. The van der Waals surface area contributed by atoms with Crippen molar-refractivity contribution in [1.29, 1.82) is 0 Å². The second-order valence-corrected chi connectivity index (χ2v) is 6.67. The molecule has 8 heteroatoms. The van der Waals surface area contributed by atoms with Crippen LogP contribution in [0, 0.1) is 13.8 Å². The largest absolute Gasteiger partial charge is 0.495 e. The first-order valence-electron chi connectivity index (χ1n) is 8.24. The highest BCUT2D eigenvalue weighted by atomic mass is 35.5. The minimum Gasteiger partial charge on any atom is -0.495 e. The Bertz CT molecular complexity index is 905. The lowest BCUT2D eigenvalue weighted by Gasteiger charge is -2.17. The summed E-state index contributed by atoms with van der Waals surface area (Å²) in [4.78, 5) is 41.0. The van der Waals surface area contributed by atoms with Gasteiger partial charge in [-0.2, -0.15) is 0 Å². The Balaban J connectivity index is 2.13. The summed E-state index contributed by atoms with van der Waals surface area (Å²) in [5, 5.41) is 3.13. The van der Waals surface area contributed by atoms with Crippen LogP contribution >= 0.6 is 11.6 Å². The van der Waals surface area contributed by atoms with Crippen molar-refractivity contribution in [3.8, 4) is 5.75 Å². The van der Waals surface area contributed by atoms with Crippen LogP contribution in [-0.2, 0) is 4.79 Å².